The van der Waals surface area contributed by atoms with E-state index in [0.29, 0.717) is 16.9 Å². The zero-order chi connectivity index (χ0) is 17.4. The minimum atomic E-state index is -0.239. The van der Waals surface area contributed by atoms with Gasteiger partial charge in [-0.15, -0.1) is 0 Å². The Kier molecular flexibility index (Phi) is 3.96. The molecule has 0 unspecified atom stereocenters. The molecule has 0 saturated heterocycles. The fourth-order valence-corrected chi connectivity index (χ4v) is 3.35. The van der Waals surface area contributed by atoms with Crippen LogP contribution in [0.15, 0.2) is 18.6 Å². The van der Waals surface area contributed by atoms with Crippen LogP contribution in [0.2, 0.25) is 0 Å². The van der Waals surface area contributed by atoms with E-state index in [2.05, 4.69) is 20.5 Å². The van der Waals surface area contributed by atoms with Gasteiger partial charge in [-0.05, 0) is 25.7 Å². The van der Waals surface area contributed by atoms with Crippen LogP contribution in [0.3, 0.4) is 0 Å². The summed E-state index contributed by atoms with van der Waals surface area (Å²) in [7, 11) is 0. The highest BCUT2D eigenvalue weighted by Gasteiger charge is 2.24. The van der Waals surface area contributed by atoms with Gasteiger partial charge >= 0.3 is 0 Å². The number of fused-ring (bicyclic) bond motifs is 1. The van der Waals surface area contributed by atoms with Gasteiger partial charge in [0.25, 0.3) is 0 Å². The third-order valence-corrected chi connectivity index (χ3v) is 4.69. The fourth-order valence-electron chi connectivity index (χ4n) is 3.35. The van der Waals surface area contributed by atoms with Crippen LogP contribution in [0.25, 0.3) is 22.2 Å². The average molecular weight is 339 g/mol. The van der Waals surface area contributed by atoms with Gasteiger partial charge in [-0.3, -0.25) is 5.10 Å². The molecule has 0 aromatic carbocycles. The number of rotatable bonds is 4. The van der Waals surface area contributed by atoms with E-state index in [-0.39, 0.29) is 12.1 Å². The molecule has 1 aliphatic carbocycles. The lowest BCUT2D eigenvalue weighted by Crippen LogP contribution is -2.19. The summed E-state index contributed by atoms with van der Waals surface area (Å²) >= 11 is 0. The molecule has 3 aromatic rings. The second-order valence-corrected chi connectivity index (χ2v) is 6.42. The molecule has 0 aliphatic heterocycles. The monoisotopic (exact) mass is 339 g/mol. The Labute approximate surface area is 144 Å². The molecule has 1 aliphatic rings. The number of hydrogen-bond donors (Lipinski definition) is 4. The normalized spacial score (nSPS) is 20.2. The molecular formula is C17H21N7O. The van der Waals surface area contributed by atoms with Gasteiger partial charge in [-0.1, -0.05) is 6.92 Å². The highest BCUT2D eigenvalue weighted by molar-refractivity contribution is 5.96. The van der Waals surface area contributed by atoms with Gasteiger partial charge in [-0.2, -0.15) is 5.10 Å². The molecule has 0 amide bonds. The predicted octanol–water partition coefficient (Wildman–Crippen LogP) is 1.88. The van der Waals surface area contributed by atoms with E-state index in [1.165, 1.54) is 0 Å². The van der Waals surface area contributed by atoms with Gasteiger partial charge in [0.15, 0.2) is 5.82 Å². The maximum atomic E-state index is 9.77. The SMILES string of the molecule is CCc1nc2c(N)ncc(-c3cn[nH]c3)c2nc1N[C@@H]1CC[C@H](O)C1. The van der Waals surface area contributed by atoms with Crippen LogP contribution in [-0.2, 0) is 6.42 Å². The molecule has 8 nitrogen and oxygen atoms in total. The Bertz CT molecular complexity index is 894. The number of aliphatic hydroxyl groups is 1. The first-order chi connectivity index (χ1) is 12.2. The maximum absolute atomic E-state index is 9.77. The number of aromatic nitrogens is 5. The summed E-state index contributed by atoms with van der Waals surface area (Å²) in [5.74, 6) is 1.12. The lowest BCUT2D eigenvalue weighted by Gasteiger charge is -2.17. The molecule has 1 saturated carbocycles. The zero-order valence-corrected chi connectivity index (χ0v) is 14.0. The molecule has 0 spiro atoms. The number of H-pyrrole nitrogens is 1. The highest BCUT2D eigenvalue weighted by atomic mass is 16.3. The van der Waals surface area contributed by atoms with Gasteiger partial charge in [-0.25, -0.2) is 15.0 Å². The largest absolute Gasteiger partial charge is 0.393 e. The van der Waals surface area contributed by atoms with Crippen LogP contribution in [-0.4, -0.2) is 42.4 Å². The van der Waals surface area contributed by atoms with Crippen LogP contribution >= 0.6 is 0 Å². The summed E-state index contributed by atoms with van der Waals surface area (Å²) in [6.45, 7) is 2.04. The third kappa shape index (κ3) is 2.89. The number of nitrogens with two attached hydrogens (primary N) is 1. The quantitative estimate of drug-likeness (QED) is 0.572. The number of hydrogen-bond acceptors (Lipinski definition) is 7. The second kappa shape index (κ2) is 6.29. The van der Waals surface area contributed by atoms with Gasteiger partial charge in [0.1, 0.15) is 16.9 Å². The predicted molar refractivity (Wildman–Crippen MR) is 96.0 cm³/mol. The number of nitrogens with one attached hydrogen (secondary N) is 2. The minimum Gasteiger partial charge on any atom is -0.393 e. The first-order valence-corrected chi connectivity index (χ1v) is 8.54. The van der Waals surface area contributed by atoms with Crippen LogP contribution < -0.4 is 11.1 Å². The third-order valence-electron chi connectivity index (χ3n) is 4.69. The first-order valence-electron chi connectivity index (χ1n) is 8.54. The summed E-state index contributed by atoms with van der Waals surface area (Å²) in [5, 5.41) is 20.0. The summed E-state index contributed by atoms with van der Waals surface area (Å²) in [6, 6.07) is 0.212. The lowest BCUT2D eigenvalue weighted by molar-refractivity contribution is 0.182. The molecule has 2 atom stereocenters. The van der Waals surface area contributed by atoms with Gasteiger partial charge in [0.2, 0.25) is 0 Å². The average Bonchev–Trinajstić information content (AvgIpc) is 3.27. The maximum Gasteiger partial charge on any atom is 0.151 e. The minimum absolute atomic E-state index is 0.212. The van der Waals surface area contributed by atoms with Crippen LogP contribution in [0, 0.1) is 0 Å². The molecule has 0 bridgehead atoms. The zero-order valence-electron chi connectivity index (χ0n) is 14.0. The molecule has 130 valence electrons. The van der Waals surface area contributed by atoms with E-state index in [1.807, 2.05) is 6.92 Å². The van der Waals surface area contributed by atoms with Gasteiger partial charge < -0.3 is 16.2 Å². The summed E-state index contributed by atoms with van der Waals surface area (Å²) in [5.41, 5.74) is 9.93. The number of nitrogen functional groups attached to an aromatic ring is 1. The Morgan fingerprint density at radius 2 is 2.16 bits per heavy atom. The van der Waals surface area contributed by atoms with Crippen LogP contribution in [0.5, 0.6) is 0 Å². The van der Waals surface area contributed by atoms with E-state index in [0.717, 1.165) is 48.3 Å². The topological polar surface area (TPSA) is 126 Å². The van der Waals surface area contributed by atoms with E-state index >= 15 is 0 Å². The van der Waals surface area contributed by atoms with E-state index < -0.39 is 0 Å². The van der Waals surface area contributed by atoms with E-state index in [9.17, 15) is 5.11 Å². The molecule has 3 heterocycles. The van der Waals surface area contributed by atoms with E-state index in [1.54, 1.807) is 18.6 Å². The molecule has 25 heavy (non-hydrogen) atoms. The Balaban J connectivity index is 1.83. The standard InChI is InChI=1S/C17H21N7O/c1-2-13-17(22-10-3-4-11(25)5-10)24-14-12(9-6-20-21-7-9)8-19-16(18)15(14)23-13/h6-8,10-11,25H,2-5H2,1H3,(H2,18,19)(H,20,21)(H,22,24)/t10-,11+/m1/s1. The number of aryl methyl sites for hydroxylation is 1. The van der Waals surface area contributed by atoms with Crippen molar-refractivity contribution in [3.05, 3.63) is 24.3 Å². The summed E-state index contributed by atoms with van der Waals surface area (Å²) in [4.78, 5) is 13.8. The Morgan fingerprint density at radius 1 is 1.28 bits per heavy atom. The molecular weight excluding hydrogens is 318 g/mol. The van der Waals surface area contributed by atoms with Crippen LogP contribution in [0.1, 0.15) is 31.9 Å². The van der Waals surface area contributed by atoms with Crippen molar-refractivity contribution in [2.24, 2.45) is 0 Å². The lowest BCUT2D eigenvalue weighted by atomic mass is 10.1. The van der Waals surface area contributed by atoms with Crippen molar-refractivity contribution in [1.29, 1.82) is 0 Å². The number of aliphatic hydroxyl groups excluding tert-OH is 1. The van der Waals surface area contributed by atoms with Crippen molar-refractivity contribution < 1.29 is 5.11 Å². The number of nitrogens with zero attached hydrogens (tertiary/aromatic N) is 4. The fraction of sp³-hybridized carbons (Fsp3) is 0.412. The smallest absolute Gasteiger partial charge is 0.151 e. The van der Waals surface area contributed by atoms with Crippen molar-refractivity contribution in [3.63, 3.8) is 0 Å². The summed E-state index contributed by atoms with van der Waals surface area (Å²) < 4.78 is 0. The van der Waals surface area contributed by atoms with Crippen molar-refractivity contribution in [3.8, 4) is 11.1 Å². The van der Waals surface area contributed by atoms with Crippen LogP contribution in [0.4, 0.5) is 11.6 Å². The number of pyridine rings is 1. The molecule has 8 heteroatoms. The highest BCUT2D eigenvalue weighted by Crippen LogP contribution is 2.31. The van der Waals surface area contributed by atoms with E-state index in [4.69, 9.17) is 15.7 Å². The molecule has 1 fully saturated rings. The molecule has 4 rings (SSSR count). The van der Waals surface area contributed by atoms with Gasteiger partial charge in [0.05, 0.1) is 18.0 Å². The second-order valence-electron chi connectivity index (χ2n) is 6.42. The Morgan fingerprint density at radius 3 is 2.84 bits per heavy atom. The molecule has 0 radical (unpaired) electrons. The number of aromatic amines is 1. The van der Waals surface area contributed by atoms with Crippen molar-refractivity contribution in [2.75, 3.05) is 11.1 Å². The summed E-state index contributed by atoms with van der Waals surface area (Å²) in [6.07, 6.45) is 8.19. The van der Waals surface area contributed by atoms with Crippen molar-refractivity contribution in [2.45, 2.75) is 44.8 Å². The molecule has 3 aromatic heterocycles. The van der Waals surface area contributed by atoms with Crippen molar-refractivity contribution in [1.82, 2.24) is 25.1 Å². The number of anilines is 2. The van der Waals surface area contributed by atoms with Gasteiger partial charge in [0, 0.05) is 29.6 Å². The van der Waals surface area contributed by atoms with Crippen molar-refractivity contribution >= 4 is 22.7 Å². The first kappa shape index (κ1) is 15.8. The Hall–Kier alpha value is -2.74. The molecule has 5 N–H and O–H groups in total.